The van der Waals surface area contributed by atoms with Crippen LogP contribution in [0.2, 0.25) is 0 Å². The Kier molecular flexibility index (Phi) is 4.36. The summed E-state index contributed by atoms with van der Waals surface area (Å²) in [6.07, 6.45) is 2.01. The highest BCUT2D eigenvalue weighted by Crippen LogP contribution is 2.27. The molecule has 5 nitrogen and oxygen atoms in total. The molecule has 2 aliphatic rings. The third-order valence-electron chi connectivity index (χ3n) is 4.78. The van der Waals surface area contributed by atoms with Gasteiger partial charge in [-0.2, -0.15) is 0 Å². The zero-order valence-corrected chi connectivity index (χ0v) is 14.2. The second kappa shape index (κ2) is 6.79. The Labute approximate surface area is 143 Å². The first-order chi connectivity index (χ1) is 11.8. The quantitative estimate of drug-likeness (QED) is 0.919. The number of rotatable bonds is 2. The number of nitrogens with zero attached hydrogens (tertiary/aromatic N) is 3. The van der Waals surface area contributed by atoms with Gasteiger partial charge in [0.2, 0.25) is 0 Å². The van der Waals surface area contributed by atoms with Crippen molar-refractivity contribution in [3.63, 3.8) is 0 Å². The molecule has 126 valence electrons. The number of nitrogens with one attached hydrogen (secondary N) is 1. The number of ether oxygens (including phenoxy) is 1. The fourth-order valence-corrected chi connectivity index (χ4v) is 3.35. The van der Waals surface area contributed by atoms with Gasteiger partial charge in [-0.15, -0.1) is 0 Å². The Morgan fingerprint density at radius 2 is 1.88 bits per heavy atom. The maximum absolute atomic E-state index is 5.42. The molecule has 0 unspecified atom stereocenters. The van der Waals surface area contributed by atoms with Gasteiger partial charge in [-0.3, -0.25) is 4.98 Å². The molecule has 1 fully saturated rings. The van der Waals surface area contributed by atoms with Crippen LogP contribution in [0, 0.1) is 0 Å². The van der Waals surface area contributed by atoms with E-state index in [0.29, 0.717) is 0 Å². The van der Waals surface area contributed by atoms with Crippen molar-refractivity contribution in [3.8, 4) is 11.3 Å². The summed E-state index contributed by atoms with van der Waals surface area (Å²) in [4.78, 5) is 9.37. The second-order valence-corrected chi connectivity index (χ2v) is 6.54. The van der Waals surface area contributed by atoms with Gasteiger partial charge in [0.1, 0.15) is 0 Å². The van der Waals surface area contributed by atoms with Gasteiger partial charge in [0.15, 0.2) is 0 Å². The summed E-state index contributed by atoms with van der Waals surface area (Å²) in [6.45, 7) is 6.54. The molecule has 4 rings (SSSR count). The Bertz CT molecular complexity index is 695. The third kappa shape index (κ3) is 3.23. The molecule has 0 bridgehead atoms. The zero-order chi connectivity index (χ0) is 16.4. The number of pyridine rings is 1. The summed E-state index contributed by atoms with van der Waals surface area (Å²) in [7, 11) is 2.15. The van der Waals surface area contributed by atoms with Gasteiger partial charge in [0.05, 0.1) is 18.9 Å². The fraction of sp³-hybridized carbons (Fsp3) is 0.421. The highest BCUT2D eigenvalue weighted by molar-refractivity contribution is 5.68. The lowest BCUT2D eigenvalue weighted by atomic mass is 10.1. The van der Waals surface area contributed by atoms with E-state index in [2.05, 4.69) is 57.5 Å². The molecule has 0 radical (unpaired) electrons. The average molecular weight is 324 g/mol. The first-order valence-corrected chi connectivity index (χ1v) is 8.64. The molecule has 2 aliphatic heterocycles. The monoisotopic (exact) mass is 324 g/mol. The molecule has 3 heterocycles. The molecule has 0 spiro atoms. The van der Waals surface area contributed by atoms with E-state index >= 15 is 0 Å². The van der Waals surface area contributed by atoms with Crippen LogP contribution < -0.4 is 10.2 Å². The molecule has 2 aromatic rings. The summed E-state index contributed by atoms with van der Waals surface area (Å²) >= 11 is 0. The Morgan fingerprint density at radius 1 is 1.08 bits per heavy atom. The highest BCUT2D eigenvalue weighted by atomic mass is 16.5. The highest BCUT2D eigenvalue weighted by Gasteiger charge is 2.14. The largest absolute Gasteiger partial charge is 0.383 e. The minimum atomic E-state index is 0.814. The van der Waals surface area contributed by atoms with Gasteiger partial charge in [-0.1, -0.05) is 12.1 Å². The van der Waals surface area contributed by atoms with E-state index in [-0.39, 0.29) is 0 Å². The topological polar surface area (TPSA) is 40.6 Å². The van der Waals surface area contributed by atoms with Crippen LogP contribution >= 0.6 is 0 Å². The Morgan fingerprint density at radius 3 is 2.67 bits per heavy atom. The van der Waals surface area contributed by atoms with E-state index in [1.54, 1.807) is 0 Å². The average Bonchev–Trinajstić information content (AvgIpc) is 2.82. The second-order valence-electron chi connectivity index (χ2n) is 6.54. The predicted molar refractivity (Wildman–Crippen MR) is 97.5 cm³/mol. The summed E-state index contributed by atoms with van der Waals surface area (Å²) in [5.74, 6) is 0. The maximum atomic E-state index is 5.42. The molecule has 0 amide bonds. The smallest absolute Gasteiger partial charge is 0.0722 e. The van der Waals surface area contributed by atoms with E-state index in [0.717, 1.165) is 57.2 Å². The lowest BCUT2D eigenvalue weighted by molar-refractivity contribution is 0.122. The first-order valence-electron chi connectivity index (χ1n) is 8.64. The van der Waals surface area contributed by atoms with Crippen molar-refractivity contribution in [2.75, 3.05) is 56.7 Å². The Hall–Kier alpha value is -2.11. The molecule has 1 saturated heterocycles. The number of fused-ring (bicyclic) bond motifs is 1. The lowest BCUT2D eigenvalue weighted by Crippen LogP contribution is -2.36. The molecule has 1 aromatic heterocycles. The Balaban J connectivity index is 1.56. The minimum absolute atomic E-state index is 0.814. The van der Waals surface area contributed by atoms with Crippen LogP contribution in [0.25, 0.3) is 11.3 Å². The summed E-state index contributed by atoms with van der Waals surface area (Å²) in [5.41, 5.74) is 5.93. The molecule has 5 heteroatoms. The van der Waals surface area contributed by atoms with Crippen molar-refractivity contribution < 1.29 is 4.74 Å². The number of likely N-dealkylation sites (N-methyl/N-ethyl adjacent to an activating group) is 1. The minimum Gasteiger partial charge on any atom is -0.383 e. The van der Waals surface area contributed by atoms with Crippen LogP contribution in [0.3, 0.4) is 0 Å². The van der Waals surface area contributed by atoms with Crippen molar-refractivity contribution in [2.45, 2.75) is 6.54 Å². The molecule has 0 atom stereocenters. The molecular formula is C19H24N4O. The first kappa shape index (κ1) is 15.4. The summed E-state index contributed by atoms with van der Waals surface area (Å²) < 4.78 is 5.42. The van der Waals surface area contributed by atoms with Crippen molar-refractivity contribution in [1.82, 2.24) is 9.88 Å². The SMILES string of the molecule is CN1CCNc2cc(-c3ccc(N4CCOCC4)cc3)ncc2C1. The number of hydrogen-bond acceptors (Lipinski definition) is 5. The maximum Gasteiger partial charge on any atom is 0.0722 e. The van der Waals surface area contributed by atoms with E-state index in [1.165, 1.54) is 16.9 Å². The molecule has 1 aromatic carbocycles. The van der Waals surface area contributed by atoms with E-state index in [1.807, 2.05) is 6.20 Å². The molecule has 24 heavy (non-hydrogen) atoms. The fourth-order valence-electron chi connectivity index (χ4n) is 3.35. The van der Waals surface area contributed by atoms with Crippen LogP contribution in [0.1, 0.15) is 5.56 Å². The van der Waals surface area contributed by atoms with Crippen LogP contribution in [-0.4, -0.2) is 56.3 Å². The van der Waals surface area contributed by atoms with Crippen molar-refractivity contribution >= 4 is 11.4 Å². The van der Waals surface area contributed by atoms with E-state index < -0.39 is 0 Å². The van der Waals surface area contributed by atoms with Gasteiger partial charge >= 0.3 is 0 Å². The molecular weight excluding hydrogens is 300 g/mol. The number of morpholine rings is 1. The predicted octanol–water partition coefficient (Wildman–Crippen LogP) is 2.44. The van der Waals surface area contributed by atoms with Crippen LogP contribution in [0.15, 0.2) is 36.5 Å². The van der Waals surface area contributed by atoms with Crippen molar-refractivity contribution in [1.29, 1.82) is 0 Å². The standard InChI is InChI=1S/C19H24N4O/c1-22-7-6-20-19-12-18(21-13-16(19)14-22)15-2-4-17(5-3-15)23-8-10-24-11-9-23/h2-5,12-13,20H,6-11,14H2,1H3. The zero-order valence-electron chi connectivity index (χ0n) is 14.2. The number of anilines is 2. The van der Waals surface area contributed by atoms with Crippen molar-refractivity contribution in [3.05, 3.63) is 42.1 Å². The van der Waals surface area contributed by atoms with Crippen molar-refractivity contribution in [2.24, 2.45) is 0 Å². The van der Waals surface area contributed by atoms with Gasteiger partial charge in [-0.05, 0) is 25.2 Å². The summed E-state index contributed by atoms with van der Waals surface area (Å²) in [6, 6.07) is 10.9. The molecule has 0 saturated carbocycles. The normalized spacial score (nSPS) is 18.6. The third-order valence-corrected chi connectivity index (χ3v) is 4.78. The molecule has 1 N–H and O–H groups in total. The van der Waals surface area contributed by atoms with Crippen LogP contribution in [0.5, 0.6) is 0 Å². The van der Waals surface area contributed by atoms with Crippen LogP contribution in [-0.2, 0) is 11.3 Å². The van der Waals surface area contributed by atoms with Gasteiger partial charge in [0, 0.05) is 61.4 Å². The lowest BCUT2D eigenvalue weighted by Gasteiger charge is -2.28. The number of hydrogen-bond donors (Lipinski definition) is 1. The van der Waals surface area contributed by atoms with Gasteiger partial charge in [-0.25, -0.2) is 0 Å². The van der Waals surface area contributed by atoms with E-state index in [4.69, 9.17) is 4.74 Å². The number of aromatic nitrogens is 1. The van der Waals surface area contributed by atoms with Crippen LogP contribution in [0.4, 0.5) is 11.4 Å². The summed E-state index contributed by atoms with van der Waals surface area (Å²) in [5, 5.41) is 3.52. The van der Waals surface area contributed by atoms with Gasteiger partial charge in [0.25, 0.3) is 0 Å². The van der Waals surface area contributed by atoms with Gasteiger partial charge < -0.3 is 19.9 Å². The number of benzene rings is 1. The molecule has 0 aliphatic carbocycles. The van der Waals surface area contributed by atoms with E-state index in [9.17, 15) is 0 Å².